The number of nitrogens with one attached hydrogen (secondary N) is 1. The molecule has 1 aromatic heterocycles. The normalized spacial score (nSPS) is 10.2. The lowest BCUT2D eigenvalue weighted by atomic mass is 10.2. The summed E-state index contributed by atoms with van der Waals surface area (Å²) in [6.45, 7) is 0. The zero-order valence-electron chi connectivity index (χ0n) is 10.2. The Kier molecular flexibility index (Phi) is 4.53. The van der Waals surface area contributed by atoms with Gasteiger partial charge in [-0.2, -0.15) is 0 Å². The molecule has 0 aliphatic heterocycles. The van der Waals surface area contributed by atoms with Gasteiger partial charge in [0.15, 0.2) is 0 Å². The van der Waals surface area contributed by atoms with E-state index in [1.54, 1.807) is 18.2 Å². The highest BCUT2D eigenvalue weighted by atomic mass is 79.9. The lowest BCUT2D eigenvalue weighted by Gasteiger charge is -2.11. The van der Waals surface area contributed by atoms with Gasteiger partial charge in [-0.15, -0.1) is 0 Å². The molecule has 0 spiro atoms. The predicted octanol–water partition coefficient (Wildman–Crippen LogP) is 3.96. The maximum absolute atomic E-state index is 11.2. The second-order valence-electron chi connectivity index (χ2n) is 3.87. The maximum atomic E-state index is 11.2. The van der Waals surface area contributed by atoms with E-state index in [0.29, 0.717) is 14.6 Å². The lowest BCUT2D eigenvalue weighted by molar-refractivity contribution is -0.385. The third-order valence-corrected chi connectivity index (χ3v) is 3.84. The molecule has 2 rings (SSSR count). The molecule has 0 saturated heterocycles. The topological polar surface area (TPSA) is 105 Å². The molecular formula is C12H7Br2N3O4. The van der Waals surface area contributed by atoms with E-state index in [9.17, 15) is 14.9 Å². The van der Waals surface area contributed by atoms with Crippen LogP contribution >= 0.6 is 31.9 Å². The lowest BCUT2D eigenvalue weighted by Crippen LogP contribution is -2.06. The summed E-state index contributed by atoms with van der Waals surface area (Å²) < 4.78 is 1.38. The Balaban J connectivity index is 2.49. The number of nitro groups is 1. The van der Waals surface area contributed by atoms with Crippen molar-refractivity contribution in [1.82, 2.24) is 4.98 Å². The summed E-state index contributed by atoms with van der Waals surface area (Å²) in [5.41, 5.74) is -0.0997. The maximum Gasteiger partial charge on any atom is 0.339 e. The first kappa shape index (κ1) is 15.4. The second-order valence-corrected chi connectivity index (χ2v) is 5.58. The molecule has 0 saturated carbocycles. The molecule has 2 N–H and O–H groups in total. The van der Waals surface area contributed by atoms with Gasteiger partial charge in [0.1, 0.15) is 17.6 Å². The zero-order chi connectivity index (χ0) is 15.6. The quantitative estimate of drug-likeness (QED) is 0.577. The van der Waals surface area contributed by atoms with Crippen molar-refractivity contribution in [2.45, 2.75) is 0 Å². The third-order valence-electron chi connectivity index (χ3n) is 2.52. The number of hydrogen-bond acceptors (Lipinski definition) is 5. The van der Waals surface area contributed by atoms with E-state index in [1.165, 1.54) is 0 Å². The number of hydrogen-bond donors (Lipinski definition) is 2. The van der Waals surface area contributed by atoms with Crippen molar-refractivity contribution in [3.05, 3.63) is 55.1 Å². The number of nitrogens with zero attached hydrogens (tertiary/aromatic N) is 2. The monoisotopic (exact) mass is 415 g/mol. The van der Waals surface area contributed by atoms with Crippen LogP contribution < -0.4 is 5.32 Å². The van der Waals surface area contributed by atoms with Crippen LogP contribution in [0.5, 0.6) is 0 Å². The average Bonchev–Trinajstić information content (AvgIpc) is 2.42. The highest BCUT2D eigenvalue weighted by Gasteiger charge is 2.18. The van der Waals surface area contributed by atoms with E-state index in [4.69, 9.17) is 5.11 Å². The summed E-state index contributed by atoms with van der Waals surface area (Å²) in [5, 5.41) is 22.7. The number of aromatic nitrogens is 1. The Hall–Kier alpha value is -2.00. The number of carboxylic acid groups (broad SMARTS) is 1. The summed E-state index contributed by atoms with van der Waals surface area (Å²) in [6, 6.07) is 6.28. The number of rotatable bonds is 4. The number of halogens is 2. The Morgan fingerprint density at radius 3 is 2.48 bits per heavy atom. The number of carbonyl (C=O) groups is 1. The van der Waals surface area contributed by atoms with Gasteiger partial charge in [0, 0.05) is 15.0 Å². The molecule has 0 amide bonds. The molecule has 0 aliphatic carbocycles. The largest absolute Gasteiger partial charge is 0.478 e. The van der Waals surface area contributed by atoms with E-state index in [2.05, 4.69) is 42.2 Å². The molecule has 1 aromatic carbocycles. The van der Waals surface area contributed by atoms with Crippen LogP contribution in [0, 0.1) is 10.1 Å². The van der Waals surface area contributed by atoms with Gasteiger partial charge in [0.25, 0.3) is 5.69 Å². The summed E-state index contributed by atoms with van der Waals surface area (Å²) in [5.74, 6) is -1.29. The zero-order valence-corrected chi connectivity index (χ0v) is 13.4. The molecule has 0 aliphatic rings. The molecular weight excluding hydrogens is 410 g/mol. The fraction of sp³-hybridized carbons (Fsp3) is 0. The molecule has 1 heterocycles. The second kappa shape index (κ2) is 6.19. The van der Waals surface area contributed by atoms with Crippen LogP contribution in [0.2, 0.25) is 0 Å². The minimum atomic E-state index is -1.31. The van der Waals surface area contributed by atoms with E-state index in [1.807, 2.05) is 0 Å². The van der Waals surface area contributed by atoms with Crippen LogP contribution in [0.3, 0.4) is 0 Å². The van der Waals surface area contributed by atoms with Gasteiger partial charge in [-0.1, -0.05) is 6.07 Å². The molecule has 0 unspecified atom stereocenters. The van der Waals surface area contributed by atoms with E-state index >= 15 is 0 Å². The Morgan fingerprint density at radius 2 is 1.95 bits per heavy atom. The number of para-hydroxylation sites is 1. The molecule has 21 heavy (non-hydrogen) atoms. The molecule has 7 nitrogen and oxygen atoms in total. The number of aromatic carboxylic acids is 1. The molecule has 2 aromatic rings. The number of anilines is 2. The van der Waals surface area contributed by atoms with Gasteiger partial charge in [-0.05, 0) is 44.0 Å². The number of pyridine rings is 1. The molecule has 108 valence electrons. The number of benzene rings is 1. The van der Waals surface area contributed by atoms with Gasteiger partial charge in [-0.25, -0.2) is 9.78 Å². The smallest absolute Gasteiger partial charge is 0.339 e. The summed E-state index contributed by atoms with van der Waals surface area (Å²) in [4.78, 5) is 25.0. The predicted molar refractivity (Wildman–Crippen MR) is 83.0 cm³/mol. The van der Waals surface area contributed by atoms with Crippen molar-refractivity contribution in [2.75, 3.05) is 5.32 Å². The third kappa shape index (κ3) is 3.37. The molecule has 0 radical (unpaired) electrons. The molecule has 9 heteroatoms. The number of carboxylic acids is 1. The first-order valence-electron chi connectivity index (χ1n) is 5.49. The minimum Gasteiger partial charge on any atom is -0.478 e. The summed E-state index contributed by atoms with van der Waals surface area (Å²) >= 11 is 6.66. The van der Waals surface area contributed by atoms with E-state index in [0.717, 1.165) is 12.3 Å². The highest BCUT2D eigenvalue weighted by Crippen LogP contribution is 2.33. The van der Waals surface area contributed by atoms with Crippen LogP contribution in [0.4, 0.5) is 17.2 Å². The Morgan fingerprint density at radius 1 is 1.33 bits per heavy atom. The fourth-order valence-corrected chi connectivity index (χ4v) is 2.75. The van der Waals surface area contributed by atoms with Crippen molar-refractivity contribution in [3.8, 4) is 0 Å². The van der Waals surface area contributed by atoms with Gasteiger partial charge in [0.05, 0.1) is 10.6 Å². The highest BCUT2D eigenvalue weighted by molar-refractivity contribution is 9.11. The van der Waals surface area contributed by atoms with Gasteiger partial charge < -0.3 is 10.4 Å². The first-order valence-corrected chi connectivity index (χ1v) is 7.07. The fourth-order valence-electron chi connectivity index (χ4n) is 1.55. The van der Waals surface area contributed by atoms with Crippen molar-refractivity contribution in [2.24, 2.45) is 0 Å². The molecule has 0 bridgehead atoms. The SMILES string of the molecule is O=C(O)c1cc([N+](=O)[O-])cnc1Nc1c(Br)cccc1Br. The standard InChI is InChI=1S/C12H7Br2N3O4/c13-8-2-1-3-9(14)10(8)16-11-7(12(18)19)4-6(5-15-11)17(20)21/h1-5H,(H,15,16)(H,18,19). The average molecular weight is 417 g/mol. The van der Waals surface area contributed by atoms with Crippen molar-refractivity contribution in [3.63, 3.8) is 0 Å². The van der Waals surface area contributed by atoms with Crippen LogP contribution in [0.25, 0.3) is 0 Å². The molecule has 0 fully saturated rings. The minimum absolute atomic E-state index is 0.0145. The van der Waals surface area contributed by atoms with Crippen LogP contribution in [-0.2, 0) is 0 Å². The first-order chi connectivity index (χ1) is 9.90. The van der Waals surface area contributed by atoms with E-state index < -0.39 is 10.9 Å². The van der Waals surface area contributed by atoms with Gasteiger partial charge in [-0.3, -0.25) is 10.1 Å². The van der Waals surface area contributed by atoms with Crippen LogP contribution in [0.15, 0.2) is 39.4 Å². The Bertz CT molecular complexity index is 716. The van der Waals surface area contributed by atoms with Gasteiger partial charge in [0.2, 0.25) is 0 Å². The van der Waals surface area contributed by atoms with Gasteiger partial charge >= 0.3 is 5.97 Å². The van der Waals surface area contributed by atoms with Crippen molar-refractivity contribution < 1.29 is 14.8 Å². The van der Waals surface area contributed by atoms with Crippen LogP contribution in [-0.4, -0.2) is 21.0 Å². The summed E-state index contributed by atoms with van der Waals surface area (Å²) in [6.07, 6.45) is 1.000. The van der Waals surface area contributed by atoms with E-state index in [-0.39, 0.29) is 17.1 Å². The van der Waals surface area contributed by atoms with Crippen molar-refractivity contribution in [1.29, 1.82) is 0 Å². The molecule has 0 atom stereocenters. The van der Waals surface area contributed by atoms with Crippen LogP contribution in [0.1, 0.15) is 10.4 Å². The Labute approximate surface area is 135 Å². The van der Waals surface area contributed by atoms with Crippen molar-refractivity contribution >= 4 is 55.0 Å². The summed E-state index contributed by atoms with van der Waals surface area (Å²) in [7, 11) is 0.